The molecule has 4 aliphatic rings. The summed E-state index contributed by atoms with van der Waals surface area (Å²) in [4.78, 5) is 29.4. The van der Waals surface area contributed by atoms with Gasteiger partial charge in [-0.2, -0.15) is 5.01 Å². The lowest BCUT2D eigenvalue weighted by Crippen LogP contribution is -2.30. The number of hydrogen-bond acceptors (Lipinski definition) is 7. The van der Waals surface area contributed by atoms with Crippen molar-refractivity contribution >= 4 is 69.3 Å². The first-order valence-electron chi connectivity index (χ1n) is 15.6. The maximum atomic E-state index is 13.5. The number of hydrogen-bond donors (Lipinski definition) is 2. The van der Waals surface area contributed by atoms with Gasteiger partial charge in [-0.25, -0.2) is 0 Å². The number of aromatic hydroxyl groups is 1. The number of nitrogens with zero attached hydrogens (tertiary/aromatic N) is 3. The van der Waals surface area contributed by atoms with Gasteiger partial charge in [-0.1, -0.05) is 86.2 Å². The van der Waals surface area contributed by atoms with Gasteiger partial charge in [0.2, 0.25) is 11.7 Å². The van der Waals surface area contributed by atoms with Gasteiger partial charge < -0.3 is 19.8 Å². The lowest BCUT2D eigenvalue weighted by molar-refractivity contribution is -0.115. The number of ether oxygens (including phenoxy) is 1. The Morgan fingerprint density at radius 1 is 0.867 bits per heavy atom. The zero-order valence-electron chi connectivity index (χ0n) is 25.1. The summed E-state index contributed by atoms with van der Waals surface area (Å²) in [6.45, 7) is 1.83. The molecule has 0 radical (unpaired) electrons. The van der Waals surface area contributed by atoms with Crippen molar-refractivity contribution in [2.75, 3.05) is 30.1 Å². The van der Waals surface area contributed by atoms with Gasteiger partial charge in [-0.3, -0.25) is 9.59 Å². The van der Waals surface area contributed by atoms with Crippen LogP contribution in [-0.4, -0.2) is 48.0 Å². The molecule has 1 amide bonds. The number of methoxy groups -OCH3 is 1. The summed E-state index contributed by atoms with van der Waals surface area (Å²) in [7, 11) is 1.29. The predicted molar refractivity (Wildman–Crippen MR) is 178 cm³/mol. The standard InChI is InChI=1S/C34H36Cl3N3O5/c1-45-33-29(34(44)40(38-33)30-24(36)16-21(35)17-25(30)37)28-31(42)27(32(28)43)23-11-10-22(18-26(23)41)39(14-12-19-6-2-3-7-19)15-13-20-8-4-5-9-20/h10-11,16-20,41-42H,2-9,12-15H2,1H3/b29-28+. The van der Waals surface area contributed by atoms with Gasteiger partial charge in [0.1, 0.15) is 22.8 Å². The Labute approximate surface area is 277 Å². The molecular weight excluding hydrogens is 637 g/mol. The Balaban J connectivity index is 1.27. The van der Waals surface area contributed by atoms with E-state index in [0.717, 1.165) is 48.5 Å². The first-order chi connectivity index (χ1) is 21.7. The number of aliphatic hydroxyl groups is 1. The third-order valence-corrected chi connectivity index (χ3v) is 10.3. The highest BCUT2D eigenvalue weighted by Gasteiger charge is 2.46. The zero-order valence-corrected chi connectivity index (χ0v) is 27.4. The van der Waals surface area contributed by atoms with E-state index in [-0.39, 0.29) is 54.7 Å². The van der Waals surface area contributed by atoms with E-state index >= 15 is 0 Å². The van der Waals surface area contributed by atoms with Gasteiger partial charge in [0, 0.05) is 35.4 Å². The number of allylic oxidation sites excluding steroid dienone is 2. The lowest BCUT2D eigenvalue weighted by atomic mass is 9.80. The number of halogens is 3. The molecule has 1 aliphatic heterocycles. The number of amides is 1. The van der Waals surface area contributed by atoms with Crippen LogP contribution in [0.3, 0.4) is 0 Å². The van der Waals surface area contributed by atoms with Crippen molar-refractivity contribution in [3.8, 4) is 5.75 Å². The number of Topliss-reactive ketones (excluding diaryl/α,β-unsaturated/α-hetero) is 1. The van der Waals surface area contributed by atoms with Gasteiger partial charge in [-0.15, -0.1) is 5.10 Å². The molecule has 2 aromatic rings. The highest BCUT2D eigenvalue weighted by molar-refractivity contribution is 6.47. The number of ketones is 1. The molecule has 8 nitrogen and oxygen atoms in total. The molecule has 1 heterocycles. The number of phenolic OH excluding ortho intramolecular Hbond substituents is 1. The van der Waals surface area contributed by atoms with Gasteiger partial charge in [0.05, 0.1) is 28.3 Å². The summed E-state index contributed by atoms with van der Waals surface area (Å²) in [5.41, 5.74) is 0.592. The van der Waals surface area contributed by atoms with Crippen molar-refractivity contribution in [1.29, 1.82) is 0 Å². The van der Waals surface area contributed by atoms with Crippen molar-refractivity contribution in [3.05, 3.63) is 67.9 Å². The fourth-order valence-corrected chi connectivity index (χ4v) is 8.06. The number of phenols is 1. The van der Waals surface area contributed by atoms with E-state index < -0.39 is 17.4 Å². The maximum Gasteiger partial charge on any atom is 0.285 e. The molecule has 238 valence electrons. The molecule has 6 rings (SSSR count). The quantitative estimate of drug-likeness (QED) is 0.259. The van der Waals surface area contributed by atoms with Crippen molar-refractivity contribution in [3.63, 3.8) is 0 Å². The molecule has 2 N–H and O–H groups in total. The van der Waals surface area contributed by atoms with Crippen LogP contribution in [0.2, 0.25) is 15.1 Å². The molecule has 0 aromatic heterocycles. The number of benzene rings is 2. The molecule has 0 unspecified atom stereocenters. The van der Waals surface area contributed by atoms with Crippen LogP contribution in [0.1, 0.15) is 69.8 Å². The molecule has 0 saturated heterocycles. The summed E-state index contributed by atoms with van der Waals surface area (Å²) in [6.07, 6.45) is 12.6. The average Bonchev–Trinajstić information content (AvgIpc) is 3.78. The molecule has 11 heteroatoms. The highest BCUT2D eigenvalue weighted by atomic mass is 35.5. The van der Waals surface area contributed by atoms with Crippen LogP contribution in [-0.2, 0) is 14.3 Å². The molecular formula is C34H36Cl3N3O5. The largest absolute Gasteiger partial charge is 0.507 e. The van der Waals surface area contributed by atoms with Gasteiger partial charge in [0.15, 0.2) is 0 Å². The summed E-state index contributed by atoms with van der Waals surface area (Å²) in [5, 5.41) is 27.8. The van der Waals surface area contributed by atoms with Crippen LogP contribution in [0.25, 0.3) is 5.57 Å². The van der Waals surface area contributed by atoms with E-state index in [9.17, 15) is 19.8 Å². The summed E-state index contributed by atoms with van der Waals surface area (Å²) in [5.74, 6) is -0.604. The normalized spacial score (nSPS) is 20.8. The first-order valence-corrected chi connectivity index (χ1v) is 16.7. The number of rotatable bonds is 9. The van der Waals surface area contributed by atoms with E-state index in [1.165, 1.54) is 70.6 Å². The van der Waals surface area contributed by atoms with E-state index in [1.54, 1.807) is 12.1 Å². The van der Waals surface area contributed by atoms with Crippen molar-refractivity contribution in [1.82, 2.24) is 0 Å². The van der Waals surface area contributed by atoms with E-state index in [4.69, 9.17) is 39.5 Å². The van der Waals surface area contributed by atoms with Crippen LogP contribution in [0.5, 0.6) is 5.75 Å². The van der Waals surface area contributed by atoms with Gasteiger partial charge >= 0.3 is 0 Å². The van der Waals surface area contributed by atoms with Crippen LogP contribution < -0.4 is 9.91 Å². The Kier molecular flexibility index (Phi) is 9.37. The Hall–Kier alpha value is -3.20. The zero-order chi connectivity index (χ0) is 31.8. The third kappa shape index (κ3) is 6.17. The Morgan fingerprint density at radius 3 is 1.96 bits per heavy atom. The Morgan fingerprint density at radius 2 is 1.44 bits per heavy atom. The fraction of sp³-hybridized carbons (Fsp3) is 0.441. The monoisotopic (exact) mass is 671 g/mol. The minimum Gasteiger partial charge on any atom is -0.507 e. The minimum atomic E-state index is -0.758. The number of aliphatic hydroxyl groups excluding tert-OH is 1. The molecule has 2 fully saturated rings. The maximum absolute atomic E-state index is 13.5. The van der Waals surface area contributed by atoms with E-state index in [2.05, 4.69) is 10.0 Å². The molecule has 0 atom stereocenters. The van der Waals surface area contributed by atoms with Crippen molar-refractivity contribution in [2.45, 2.75) is 64.2 Å². The minimum absolute atomic E-state index is 0.0620. The van der Waals surface area contributed by atoms with Crippen molar-refractivity contribution < 1.29 is 24.5 Å². The fourth-order valence-electron chi connectivity index (χ4n) is 7.09. The summed E-state index contributed by atoms with van der Waals surface area (Å²) >= 11 is 18.7. The van der Waals surface area contributed by atoms with E-state index in [0.29, 0.717) is 0 Å². The third-order valence-electron chi connectivity index (χ3n) is 9.56. The summed E-state index contributed by atoms with van der Waals surface area (Å²) < 4.78 is 5.31. The van der Waals surface area contributed by atoms with Crippen LogP contribution in [0.4, 0.5) is 11.4 Å². The number of carbonyl (C=O) groups excluding carboxylic acids is 2. The molecule has 45 heavy (non-hydrogen) atoms. The van der Waals surface area contributed by atoms with E-state index in [1.807, 2.05) is 6.07 Å². The predicted octanol–water partition coefficient (Wildman–Crippen LogP) is 8.47. The van der Waals surface area contributed by atoms with Crippen LogP contribution >= 0.6 is 34.8 Å². The van der Waals surface area contributed by atoms with Gasteiger partial charge in [-0.05, 0) is 48.9 Å². The van der Waals surface area contributed by atoms with Crippen LogP contribution in [0, 0.1) is 11.8 Å². The Bertz CT molecular complexity index is 1580. The average molecular weight is 673 g/mol. The smallest absolute Gasteiger partial charge is 0.285 e. The number of hydrazone groups is 1. The molecule has 2 saturated carbocycles. The lowest BCUT2D eigenvalue weighted by Gasteiger charge is -2.29. The molecule has 0 bridgehead atoms. The highest BCUT2D eigenvalue weighted by Crippen LogP contribution is 2.45. The number of anilines is 2. The summed E-state index contributed by atoms with van der Waals surface area (Å²) in [6, 6.07) is 8.05. The topological polar surface area (TPSA) is 103 Å². The number of carbonyl (C=O) groups is 2. The molecule has 3 aliphatic carbocycles. The second-order valence-electron chi connectivity index (χ2n) is 12.3. The van der Waals surface area contributed by atoms with Gasteiger partial charge in [0.25, 0.3) is 5.91 Å². The SMILES string of the molecule is COC1=NN(c2c(Cl)cc(Cl)cc2Cl)C(=O)/C1=C1/C(=O)C(c2ccc(N(CCC3CCCC3)CCC3CCCC3)cc2O)=C1O. The second-order valence-corrected chi connectivity index (χ2v) is 13.6. The second kappa shape index (κ2) is 13.3. The molecule has 0 spiro atoms. The van der Waals surface area contributed by atoms with Crippen molar-refractivity contribution in [2.24, 2.45) is 16.9 Å². The first kappa shape index (κ1) is 31.8. The van der Waals surface area contributed by atoms with Crippen LogP contribution in [0.15, 0.2) is 52.3 Å². The molecule has 2 aromatic carbocycles.